The Balaban J connectivity index is 1.32. The van der Waals surface area contributed by atoms with Gasteiger partial charge in [0.25, 0.3) is 5.91 Å². The number of aromatic nitrogens is 2. The van der Waals surface area contributed by atoms with Crippen LogP contribution in [-0.4, -0.2) is 28.9 Å². The van der Waals surface area contributed by atoms with Gasteiger partial charge in [0, 0.05) is 6.20 Å². The van der Waals surface area contributed by atoms with Crippen LogP contribution in [0.1, 0.15) is 62.1 Å². The Bertz CT molecular complexity index is 1350. The van der Waals surface area contributed by atoms with Crippen molar-refractivity contribution in [3.8, 4) is 17.2 Å². The molecule has 2 heterocycles. The van der Waals surface area contributed by atoms with Crippen LogP contribution in [0.25, 0.3) is 0 Å². The maximum Gasteiger partial charge on any atom is 0.291 e. The lowest BCUT2D eigenvalue weighted by Crippen LogP contribution is -2.10. The Morgan fingerprint density at radius 3 is 2.39 bits per heavy atom. The number of hydrogen-bond acceptors (Lipinski definition) is 6. The van der Waals surface area contributed by atoms with Gasteiger partial charge >= 0.3 is 0 Å². The molecule has 0 aliphatic heterocycles. The zero-order valence-corrected chi connectivity index (χ0v) is 22.6. The van der Waals surface area contributed by atoms with Crippen molar-refractivity contribution in [3.63, 3.8) is 0 Å². The second-order valence-corrected chi connectivity index (χ2v) is 9.86. The van der Waals surface area contributed by atoms with E-state index in [2.05, 4.69) is 43.3 Å². The topological polar surface area (TPSA) is 87.8 Å². The zero-order valence-electron chi connectivity index (χ0n) is 22.6. The summed E-state index contributed by atoms with van der Waals surface area (Å²) in [6.07, 6.45) is 3.37. The second-order valence-electron chi connectivity index (χ2n) is 9.86. The van der Waals surface area contributed by atoms with Gasteiger partial charge in [0.1, 0.15) is 18.1 Å². The van der Waals surface area contributed by atoms with Crippen LogP contribution in [-0.2, 0) is 18.6 Å². The van der Waals surface area contributed by atoms with E-state index in [-0.39, 0.29) is 23.7 Å². The summed E-state index contributed by atoms with van der Waals surface area (Å²) in [4.78, 5) is 12.7. The van der Waals surface area contributed by atoms with Crippen molar-refractivity contribution in [1.82, 2.24) is 9.78 Å². The third-order valence-electron chi connectivity index (χ3n) is 5.83. The first-order chi connectivity index (χ1) is 18.2. The number of carbonyl (C=O) groups is 1. The Morgan fingerprint density at radius 2 is 1.68 bits per heavy atom. The predicted octanol–water partition coefficient (Wildman–Crippen LogP) is 6.45. The lowest BCUT2D eigenvalue weighted by Gasteiger charge is -2.19. The molecule has 0 aliphatic carbocycles. The van der Waals surface area contributed by atoms with Gasteiger partial charge < -0.3 is 23.9 Å². The minimum absolute atomic E-state index is 0.0841. The molecule has 4 aromatic rings. The van der Waals surface area contributed by atoms with Gasteiger partial charge in [-0.3, -0.25) is 9.48 Å². The molecule has 2 aromatic heterocycles. The van der Waals surface area contributed by atoms with Crippen molar-refractivity contribution in [2.24, 2.45) is 0 Å². The molecular weight excluding hydrogens is 482 g/mol. The molecule has 0 bridgehead atoms. The van der Waals surface area contributed by atoms with Crippen LogP contribution in [0, 0.1) is 0 Å². The molecule has 0 radical (unpaired) electrons. The van der Waals surface area contributed by atoms with E-state index in [1.54, 1.807) is 29.2 Å². The summed E-state index contributed by atoms with van der Waals surface area (Å²) >= 11 is 0. The SMILES string of the molecule is CCOc1ccc(Cn2cc(NC(=O)c3ccc(COc4ccc(C(C)(C)C)cc4)o3)cn2)cc1OCC. The number of rotatable bonds is 11. The summed E-state index contributed by atoms with van der Waals surface area (Å²) < 4.78 is 24.6. The van der Waals surface area contributed by atoms with E-state index in [4.69, 9.17) is 18.6 Å². The van der Waals surface area contributed by atoms with Gasteiger partial charge in [-0.15, -0.1) is 0 Å². The molecule has 8 heteroatoms. The van der Waals surface area contributed by atoms with Crippen LogP contribution >= 0.6 is 0 Å². The molecule has 38 heavy (non-hydrogen) atoms. The fourth-order valence-corrected chi connectivity index (χ4v) is 3.87. The summed E-state index contributed by atoms with van der Waals surface area (Å²) in [5, 5.41) is 7.19. The van der Waals surface area contributed by atoms with Gasteiger partial charge in [-0.25, -0.2) is 0 Å². The maximum atomic E-state index is 12.7. The van der Waals surface area contributed by atoms with E-state index in [0.717, 1.165) is 11.3 Å². The number of nitrogens with zero attached hydrogens (tertiary/aromatic N) is 2. The first-order valence-corrected chi connectivity index (χ1v) is 12.8. The number of benzene rings is 2. The highest BCUT2D eigenvalue weighted by atomic mass is 16.5. The van der Waals surface area contributed by atoms with Crippen LogP contribution in [0.2, 0.25) is 0 Å². The van der Waals surface area contributed by atoms with Crippen LogP contribution < -0.4 is 19.5 Å². The Morgan fingerprint density at radius 1 is 0.947 bits per heavy atom. The van der Waals surface area contributed by atoms with E-state index in [1.165, 1.54) is 5.56 Å². The fraction of sp³-hybridized carbons (Fsp3) is 0.333. The zero-order chi connectivity index (χ0) is 27.1. The average Bonchev–Trinajstić information content (AvgIpc) is 3.54. The number of furan rings is 1. The highest BCUT2D eigenvalue weighted by Crippen LogP contribution is 2.29. The van der Waals surface area contributed by atoms with Gasteiger partial charge in [-0.1, -0.05) is 39.0 Å². The van der Waals surface area contributed by atoms with Gasteiger partial charge in [-0.2, -0.15) is 5.10 Å². The standard InChI is InChI=1S/C30H35N3O5/c1-6-35-26-14-8-21(16-28(26)36-7-2)18-33-19-23(17-31-33)32-29(34)27-15-13-25(38-27)20-37-24-11-9-22(10-12-24)30(3,4)5/h8-17,19H,6-7,18,20H2,1-5H3,(H,32,34). The third kappa shape index (κ3) is 6.97. The minimum Gasteiger partial charge on any atom is -0.490 e. The van der Waals surface area contributed by atoms with Gasteiger partial charge in [0.2, 0.25) is 0 Å². The number of nitrogens with one attached hydrogen (secondary N) is 1. The molecule has 0 saturated carbocycles. The smallest absolute Gasteiger partial charge is 0.291 e. The minimum atomic E-state index is -0.356. The lowest BCUT2D eigenvalue weighted by molar-refractivity contribution is 0.0992. The largest absolute Gasteiger partial charge is 0.490 e. The number of ether oxygens (including phenoxy) is 3. The molecule has 1 N–H and O–H groups in total. The Kier molecular flexibility index (Phi) is 8.41. The molecular formula is C30H35N3O5. The average molecular weight is 518 g/mol. The Labute approximate surface area is 223 Å². The lowest BCUT2D eigenvalue weighted by atomic mass is 9.87. The predicted molar refractivity (Wildman–Crippen MR) is 146 cm³/mol. The summed E-state index contributed by atoms with van der Waals surface area (Å²) in [5.41, 5.74) is 2.89. The highest BCUT2D eigenvalue weighted by molar-refractivity contribution is 6.02. The monoisotopic (exact) mass is 517 g/mol. The molecule has 8 nitrogen and oxygen atoms in total. The second kappa shape index (κ2) is 11.9. The molecule has 2 aromatic carbocycles. The first kappa shape index (κ1) is 26.9. The molecule has 4 rings (SSSR count). The number of hydrogen-bond donors (Lipinski definition) is 1. The van der Waals surface area contributed by atoms with E-state index < -0.39 is 0 Å². The maximum absolute atomic E-state index is 12.7. The fourth-order valence-electron chi connectivity index (χ4n) is 3.87. The van der Waals surface area contributed by atoms with Gasteiger partial charge in [0.15, 0.2) is 17.3 Å². The van der Waals surface area contributed by atoms with Crippen LogP contribution in [0.4, 0.5) is 5.69 Å². The molecule has 0 aliphatic rings. The molecule has 200 valence electrons. The van der Waals surface area contributed by atoms with E-state index in [9.17, 15) is 4.79 Å². The summed E-state index contributed by atoms with van der Waals surface area (Å²) in [5.74, 6) is 2.57. The quantitative estimate of drug-likeness (QED) is 0.246. The number of amides is 1. The molecule has 0 unspecified atom stereocenters. The van der Waals surface area contributed by atoms with Crippen molar-refractivity contribution >= 4 is 11.6 Å². The van der Waals surface area contributed by atoms with Crippen molar-refractivity contribution in [3.05, 3.63) is 89.6 Å². The molecule has 0 spiro atoms. The van der Waals surface area contributed by atoms with Crippen molar-refractivity contribution in [1.29, 1.82) is 0 Å². The van der Waals surface area contributed by atoms with Crippen LogP contribution in [0.5, 0.6) is 17.2 Å². The van der Waals surface area contributed by atoms with E-state index >= 15 is 0 Å². The molecule has 0 atom stereocenters. The van der Waals surface area contributed by atoms with Crippen LogP contribution in [0.15, 0.2) is 71.4 Å². The molecule has 0 fully saturated rings. The highest BCUT2D eigenvalue weighted by Gasteiger charge is 2.15. The summed E-state index contributed by atoms with van der Waals surface area (Å²) in [6.45, 7) is 12.2. The van der Waals surface area contributed by atoms with Crippen molar-refractivity contribution in [2.45, 2.75) is 53.2 Å². The summed E-state index contributed by atoms with van der Waals surface area (Å²) in [6, 6.07) is 17.2. The van der Waals surface area contributed by atoms with Gasteiger partial charge in [0.05, 0.1) is 31.6 Å². The van der Waals surface area contributed by atoms with Crippen molar-refractivity contribution in [2.75, 3.05) is 18.5 Å². The van der Waals surface area contributed by atoms with Gasteiger partial charge in [-0.05, 0) is 66.8 Å². The summed E-state index contributed by atoms with van der Waals surface area (Å²) in [7, 11) is 0. The normalized spacial score (nSPS) is 11.3. The number of carbonyl (C=O) groups excluding carboxylic acids is 1. The third-order valence-corrected chi connectivity index (χ3v) is 5.83. The first-order valence-electron chi connectivity index (χ1n) is 12.8. The van der Waals surface area contributed by atoms with Crippen molar-refractivity contribution < 1.29 is 23.4 Å². The van der Waals surface area contributed by atoms with E-state index in [1.807, 2.05) is 44.2 Å². The van der Waals surface area contributed by atoms with Crippen LogP contribution in [0.3, 0.4) is 0 Å². The Hall–Kier alpha value is -4.20. The van der Waals surface area contributed by atoms with E-state index in [0.29, 0.717) is 42.7 Å². The molecule has 1 amide bonds. The molecule has 0 saturated heterocycles. The number of anilines is 1.